The third kappa shape index (κ3) is 1.60. The molecule has 0 saturated heterocycles. The molecule has 0 amide bonds. The van der Waals surface area contributed by atoms with Gasteiger partial charge in [-0.2, -0.15) is 0 Å². The van der Waals surface area contributed by atoms with Crippen molar-refractivity contribution in [1.82, 2.24) is 4.98 Å². The highest BCUT2D eigenvalue weighted by atomic mass is 16.6. The van der Waals surface area contributed by atoms with Crippen molar-refractivity contribution in [2.24, 2.45) is 0 Å². The summed E-state index contributed by atoms with van der Waals surface area (Å²) >= 11 is 0. The molecular formula is C16H16N2O4. The van der Waals surface area contributed by atoms with Gasteiger partial charge in [0.05, 0.1) is 36.3 Å². The van der Waals surface area contributed by atoms with Gasteiger partial charge in [0.1, 0.15) is 19.0 Å². The molecule has 114 valence electrons. The number of anilines is 1. The van der Waals surface area contributed by atoms with Crippen LogP contribution < -0.4 is 24.7 Å². The van der Waals surface area contributed by atoms with Crippen LogP contribution in [0.4, 0.5) is 5.69 Å². The van der Waals surface area contributed by atoms with Crippen LogP contribution in [0, 0.1) is 0 Å². The molecule has 3 N–H and O–H groups in total. The summed E-state index contributed by atoms with van der Waals surface area (Å²) in [7, 11) is 3.23. The maximum Gasteiger partial charge on any atom is 0.171 e. The second-order valence-corrected chi connectivity index (χ2v) is 5.09. The molecule has 2 heterocycles. The van der Waals surface area contributed by atoms with E-state index in [1.807, 2.05) is 18.2 Å². The average Bonchev–Trinajstić information content (AvgIpc) is 2.93. The maximum absolute atomic E-state index is 6.00. The van der Waals surface area contributed by atoms with E-state index in [-0.39, 0.29) is 0 Å². The number of ether oxygens (including phenoxy) is 4. The quantitative estimate of drug-likeness (QED) is 0.711. The van der Waals surface area contributed by atoms with E-state index in [9.17, 15) is 0 Å². The SMILES string of the molecule is COc1c(N)ccc2c1[nH]c1c(OC)cc3c(c12)OCCO3. The molecule has 4 rings (SSSR count). The molecule has 0 radical (unpaired) electrons. The molecule has 0 bridgehead atoms. The lowest BCUT2D eigenvalue weighted by atomic mass is 10.1. The van der Waals surface area contributed by atoms with Crippen molar-refractivity contribution in [3.63, 3.8) is 0 Å². The maximum atomic E-state index is 6.00. The largest absolute Gasteiger partial charge is 0.494 e. The summed E-state index contributed by atoms with van der Waals surface area (Å²) in [4.78, 5) is 3.34. The van der Waals surface area contributed by atoms with Gasteiger partial charge in [0.2, 0.25) is 0 Å². The smallest absolute Gasteiger partial charge is 0.171 e. The molecule has 0 atom stereocenters. The van der Waals surface area contributed by atoms with Crippen LogP contribution in [0.25, 0.3) is 21.8 Å². The van der Waals surface area contributed by atoms with Crippen LogP contribution in [-0.4, -0.2) is 32.4 Å². The molecule has 2 aromatic carbocycles. The molecule has 0 saturated carbocycles. The van der Waals surface area contributed by atoms with Gasteiger partial charge in [0, 0.05) is 11.5 Å². The first-order valence-corrected chi connectivity index (χ1v) is 6.99. The number of fused-ring (bicyclic) bond motifs is 5. The number of hydrogen-bond donors (Lipinski definition) is 2. The standard InChI is InChI=1S/C16H16N2O4/c1-19-10-7-11-16(22-6-5-21-11)12-8-3-4-9(17)15(20-2)13(8)18-14(10)12/h3-4,7,18H,5-6,17H2,1-2H3. The Morgan fingerprint density at radius 2 is 1.91 bits per heavy atom. The van der Waals surface area contributed by atoms with Crippen molar-refractivity contribution >= 4 is 27.5 Å². The summed E-state index contributed by atoms with van der Waals surface area (Å²) in [5, 5.41) is 1.88. The number of nitrogen functional groups attached to an aromatic ring is 1. The Morgan fingerprint density at radius 1 is 1.09 bits per heavy atom. The van der Waals surface area contributed by atoms with E-state index in [1.54, 1.807) is 14.2 Å². The van der Waals surface area contributed by atoms with E-state index in [1.165, 1.54) is 0 Å². The molecule has 6 heteroatoms. The highest BCUT2D eigenvalue weighted by Gasteiger charge is 2.23. The Kier molecular flexibility index (Phi) is 2.72. The van der Waals surface area contributed by atoms with Crippen molar-refractivity contribution in [3.8, 4) is 23.0 Å². The van der Waals surface area contributed by atoms with Gasteiger partial charge in [-0.1, -0.05) is 0 Å². The molecule has 0 aliphatic carbocycles. The first kappa shape index (κ1) is 12.9. The molecule has 1 aliphatic heterocycles. The van der Waals surface area contributed by atoms with Crippen LogP contribution in [0.15, 0.2) is 18.2 Å². The molecule has 22 heavy (non-hydrogen) atoms. The van der Waals surface area contributed by atoms with Crippen LogP contribution >= 0.6 is 0 Å². The molecular weight excluding hydrogens is 284 g/mol. The number of H-pyrrole nitrogens is 1. The minimum atomic E-state index is 0.521. The molecule has 0 fully saturated rings. The first-order valence-electron chi connectivity index (χ1n) is 6.99. The average molecular weight is 300 g/mol. The highest BCUT2D eigenvalue weighted by Crippen LogP contribution is 2.48. The fourth-order valence-electron chi connectivity index (χ4n) is 2.98. The Hall–Kier alpha value is -2.76. The molecule has 6 nitrogen and oxygen atoms in total. The number of nitrogens with one attached hydrogen (secondary N) is 1. The minimum absolute atomic E-state index is 0.521. The van der Waals surface area contributed by atoms with Crippen molar-refractivity contribution in [3.05, 3.63) is 18.2 Å². The topological polar surface area (TPSA) is 78.7 Å². The third-order valence-corrected chi connectivity index (χ3v) is 3.93. The second-order valence-electron chi connectivity index (χ2n) is 5.09. The number of rotatable bonds is 2. The lowest BCUT2D eigenvalue weighted by molar-refractivity contribution is 0.173. The number of aromatic amines is 1. The van der Waals surface area contributed by atoms with Crippen molar-refractivity contribution in [2.75, 3.05) is 33.2 Å². The molecule has 0 spiro atoms. The van der Waals surface area contributed by atoms with Gasteiger partial charge in [-0.3, -0.25) is 0 Å². The lowest BCUT2D eigenvalue weighted by Gasteiger charge is -2.20. The van der Waals surface area contributed by atoms with Crippen LogP contribution in [-0.2, 0) is 0 Å². The summed E-state index contributed by atoms with van der Waals surface area (Å²) in [6, 6.07) is 5.61. The van der Waals surface area contributed by atoms with Gasteiger partial charge in [0.25, 0.3) is 0 Å². The number of hydrogen-bond acceptors (Lipinski definition) is 5. The Labute approximate surface area is 126 Å². The normalized spacial score (nSPS) is 13.5. The van der Waals surface area contributed by atoms with Crippen molar-refractivity contribution in [2.45, 2.75) is 0 Å². The summed E-state index contributed by atoms with van der Waals surface area (Å²) in [5.74, 6) is 2.71. The van der Waals surface area contributed by atoms with Gasteiger partial charge in [0.15, 0.2) is 17.2 Å². The van der Waals surface area contributed by atoms with E-state index in [0.717, 1.165) is 27.6 Å². The zero-order valence-electron chi connectivity index (χ0n) is 12.4. The Morgan fingerprint density at radius 3 is 2.68 bits per heavy atom. The van der Waals surface area contributed by atoms with E-state index < -0.39 is 0 Å². The van der Waals surface area contributed by atoms with Crippen LogP contribution in [0.3, 0.4) is 0 Å². The van der Waals surface area contributed by atoms with Gasteiger partial charge >= 0.3 is 0 Å². The van der Waals surface area contributed by atoms with E-state index in [2.05, 4.69) is 4.98 Å². The molecule has 1 aromatic heterocycles. The predicted molar refractivity (Wildman–Crippen MR) is 84.3 cm³/mol. The summed E-state index contributed by atoms with van der Waals surface area (Å²) < 4.78 is 22.5. The zero-order chi connectivity index (χ0) is 15.3. The molecule has 3 aromatic rings. The molecule has 0 unspecified atom stereocenters. The predicted octanol–water partition coefficient (Wildman–Crippen LogP) is 2.69. The fourth-order valence-corrected chi connectivity index (χ4v) is 2.98. The lowest BCUT2D eigenvalue weighted by Crippen LogP contribution is -2.15. The number of nitrogens with two attached hydrogens (primary N) is 1. The Balaban J connectivity index is 2.19. The number of aromatic nitrogens is 1. The van der Waals surface area contributed by atoms with E-state index >= 15 is 0 Å². The van der Waals surface area contributed by atoms with Crippen LogP contribution in [0.5, 0.6) is 23.0 Å². The van der Waals surface area contributed by atoms with Crippen LogP contribution in [0.1, 0.15) is 0 Å². The third-order valence-electron chi connectivity index (χ3n) is 3.93. The highest BCUT2D eigenvalue weighted by molar-refractivity contribution is 6.15. The summed E-state index contributed by atoms with van der Waals surface area (Å²) in [6.07, 6.45) is 0. The first-order chi connectivity index (χ1) is 10.7. The number of methoxy groups -OCH3 is 2. The molecule has 1 aliphatic rings. The Bertz CT molecular complexity index is 885. The van der Waals surface area contributed by atoms with Gasteiger partial charge < -0.3 is 29.7 Å². The van der Waals surface area contributed by atoms with Crippen molar-refractivity contribution in [1.29, 1.82) is 0 Å². The monoisotopic (exact) mass is 300 g/mol. The van der Waals surface area contributed by atoms with Crippen LogP contribution in [0.2, 0.25) is 0 Å². The fraction of sp³-hybridized carbons (Fsp3) is 0.250. The van der Waals surface area contributed by atoms with Gasteiger partial charge in [-0.25, -0.2) is 0 Å². The van der Waals surface area contributed by atoms with E-state index in [0.29, 0.717) is 36.1 Å². The van der Waals surface area contributed by atoms with Gasteiger partial charge in [-0.05, 0) is 12.1 Å². The minimum Gasteiger partial charge on any atom is -0.494 e. The second kappa shape index (κ2) is 4.62. The van der Waals surface area contributed by atoms with Gasteiger partial charge in [-0.15, -0.1) is 0 Å². The van der Waals surface area contributed by atoms with Crippen molar-refractivity contribution < 1.29 is 18.9 Å². The summed E-state index contributed by atoms with van der Waals surface area (Å²) in [5.41, 5.74) is 8.23. The zero-order valence-corrected chi connectivity index (χ0v) is 12.4. The number of benzene rings is 2. The van der Waals surface area contributed by atoms with E-state index in [4.69, 9.17) is 24.7 Å². The summed E-state index contributed by atoms with van der Waals surface area (Å²) in [6.45, 7) is 1.05.